The summed E-state index contributed by atoms with van der Waals surface area (Å²) in [5.41, 5.74) is 0.345. The van der Waals surface area contributed by atoms with E-state index in [9.17, 15) is 9.59 Å². The van der Waals surface area contributed by atoms with Gasteiger partial charge in [-0.15, -0.1) is 0 Å². The fraction of sp³-hybridized carbons (Fsp3) is 0.615. The molecule has 2 heterocycles. The number of rotatable bonds is 1. The second-order valence-corrected chi connectivity index (χ2v) is 5.81. The van der Waals surface area contributed by atoms with Gasteiger partial charge in [0, 0.05) is 6.54 Å². The summed E-state index contributed by atoms with van der Waals surface area (Å²) in [4.78, 5) is 28.6. The number of carbonyl (C=O) groups is 2. The summed E-state index contributed by atoms with van der Waals surface area (Å²) in [6, 6.07) is 0.0129. The summed E-state index contributed by atoms with van der Waals surface area (Å²) in [5, 5.41) is 0. The molecule has 6 nitrogen and oxygen atoms in total. The van der Waals surface area contributed by atoms with E-state index in [1.165, 1.54) is 0 Å². The molecule has 1 aliphatic rings. The number of imidazole rings is 1. The normalized spacial score (nSPS) is 18.9. The third kappa shape index (κ3) is 2.77. The highest BCUT2D eigenvalue weighted by molar-refractivity contribution is 5.71. The first kappa shape index (κ1) is 13.6. The van der Waals surface area contributed by atoms with Crippen LogP contribution in [0.5, 0.6) is 0 Å². The van der Waals surface area contributed by atoms with Crippen molar-refractivity contribution in [2.24, 2.45) is 0 Å². The molecule has 1 amide bonds. The van der Waals surface area contributed by atoms with E-state index in [1.807, 2.05) is 32.3 Å². The van der Waals surface area contributed by atoms with Gasteiger partial charge in [-0.05, 0) is 27.7 Å². The minimum Gasteiger partial charge on any atom is -0.444 e. The van der Waals surface area contributed by atoms with Crippen LogP contribution in [0.1, 0.15) is 50.0 Å². The Hall–Kier alpha value is -1.85. The molecule has 0 bridgehead atoms. The highest BCUT2D eigenvalue weighted by atomic mass is 16.6. The molecule has 0 aromatic carbocycles. The molecule has 0 saturated carbocycles. The molecule has 104 valence electrons. The van der Waals surface area contributed by atoms with Crippen LogP contribution >= 0.6 is 0 Å². The quantitative estimate of drug-likeness (QED) is 0.729. The zero-order chi connectivity index (χ0) is 14.2. The van der Waals surface area contributed by atoms with Crippen molar-refractivity contribution in [2.45, 2.75) is 45.9 Å². The number of amides is 1. The Balaban J connectivity index is 2.17. The molecule has 2 rings (SSSR count). The van der Waals surface area contributed by atoms with Crippen molar-refractivity contribution < 1.29 is 14.3 Å². The maximum atomic E-state index is 12.0. The predicted molar refractivity (Wildman–Crippen MR) is 69.0 cm³/mol. The topological polar surface area (TPSA) is 64.4 Å². The van der Waals surface area contributed by atoms with Crippen LogP contribution in [0.4, 0.5) is 4.79 Å². The third-order valence-corrected chi connectivity index (χ3v) is 2.94. The van der Waals surface area contributed by atoms with E-state index in [4.69, 9.17) is 4.74 Å². The summed E-state index contributed by atoms with van der Waals surface area (Å²) < 4.78 is 7.23. The number of ether oxygens (including phenoxy) is 1. The van der Waals surface area contributed by atoms with Crippen molar-refractivity contribution in [3.63, 3.8) is 0 Å². The molecule has 1 aliphatic heterocycles. The van der Waals surface area contributed by atoms with Gasteiger partial charge in [-0.25, -0.2) is 9.78 Å². The molecule has 0 spiro atoms. The Labute approximate surface area is 112 Å². The number of carbonyl (C=O) groups excluding carboxylic acids is 2. The maximum Gasteiger partial charge on any atom is 0.410 e. The van der Waals surface area contributed by atoms with Crippen LogP contribution in [0.25, 0.3) is 0 Å². The fourth-order valence-corrected chi connectivity index (χ4v) is 2.25. The predicted octanol–water partition coefficient (Wildman–Crippen LogP) is 2.01. The average molecular weight is 265 g/mol. The van der Waals surface area contributed by atoms with Gasteiger partial charge in [0.05, 0.1) is 24.5 Å². The Kier molecular flexibility index (Phi) is 3.34. The molecule has 0 aliphatic carbocycles. The molecule has 0 N–H and O–H groups in total. The maximum absolute atomic E-state index is 12.0. The Morgan fingerprint density at radius 1 is 1.53 bits per heavy atom. The lowest BCUT2D eigenvalue weighted by Crippen LogP contribution is -2.43. The second-order valence-electron chi connectivity index (χ2n) is 5.81. The van der Waals surface area contributed by atoms with E-state index < -0.39 is 5.60 Å². The lowest BCUT2D eigenvalue weighted by atomic mass is 10.2. The molecule has 0 radical (unpaired) electrons. The molecular weight excluding hydrogens is 246 g/mol. The highest BCUT2D eigenvalue weighted by Crippen LogP contribution is 2.23. The van der Waals surface area contributed by atoms with Crippen LogP contribution in [-0.2, 0) is 11.3 Å². The molecule has 0 saturated heterocycles. The van der Waals surface area contributed by atoms with Crippen molar-refractivity contribution in [1.29, 1.82) is 0 Å². The summed E-state index contributed by atoms with van der Waals surface area (Å²) >= 11 is 0. The summed E-state index contributed by atoms with van der Waals surface area (Å²) in [6.45, 7) is 8.40. The lowest BCUT2D eigenvalue weighted by Gasteiger charge is -2.34. The van der Waals surface area contributed by atoms with E-state index in [0.717, 1.165) is 12.0 Å². The van der Waals surface area contributed by atoms with E-state index >= 15 is 0 Å². The van der Waals surface area contributed by atoms with Gasteiger partial charge in [0.25, 0.3) is 0 Å². The average Bonchev–Trinajstić information content (AvgIpc) is 2.70. The molecule has 6 heteroatoms. The van der Waals surface area contributed by atoms with Crippen molar-refractivity contribution in [1.82, 2.24) is 14.5 Å². The molecular formula is C13H19N3O3. The number of aromatic nitrogens is 2. The van der Waals surface area contributed by atoms with Crippen molar-refractivity contribution in [3.05, 3.63) is 17.7 Å². The Bertz CT molecular complexity index is 502. The van der Waals surface area contributed by atoms with Gasteiger partial charge in [-0.1, -0.05) is 0 Å². The first-order chi connectivity index (χ1) is 8.81. The monoisotopic (exact) mass is 265 g/mol. The number of aldehydes is 1. The van der Waals surface area contributed by atoms with Gasteiger partial charge >= 0.3 is 6.09 Å². The number of hydrogen-bond donors (Lipinski definition) is 0. The zero-order valence-electron chi connectivity index (χ0n) is 11.7. The van der Waals surface area contributed by atoms with Crippen molar-refractivity contribution >= 4 is 12.4 Å². The highest BCUT2D eigenvalue weighted by Gasteiger charge is 2.30. The minimum absolute atomic E-state index is 0.0129. The smallest absolute Gasteiger partial charge is 0.410 e. The molecule has 1 aromatic heterocycles. The van der Waals surface area contributed by atoms with E-state index in [-0.39, 0.29) is 12.1 Å². The van der Waals surface area contributed by atoms with Gasteiger partial charge in [0.2, 0.25) is 0 Å². The van der Waals surface area contributed by atoms with E-state index in [1.54, 1.807) is 11.1 Å². The Morgan fingerprint density at radius 2 is 2.21 bits per heavy atom. The van der Waals surface area contributed by atoms with Crippen molar-refractivity contribution in [2.75, 3.05) is 6.54 Å². The summed E-state index contributed by atoms with van der Waals surface area (Å²) in [6.07, 6.45) is 2.04. The lowest BCUT2D eigenvalue weighted by molar-refractivity contribution is 0.0173. The zero-order valence-corrected chi connectivity index (χ0v) is 11.7. The molecule has 19 heavy (non-hydrogen) atoms. The largest absolute Gasteiger partial charge is 0.444 e. The van der Waals surface area contributed by atoms with E-state index in [0.29, 0.717) is 18.9 Å². The van der Waals surface area contributed by atoms with E-state index in [2.05, 4.69) is 4.98 Å². The van der Waals surface area contributed by atoms with Gasteiger partial charge in [0.1, 0.15) is 5.60 Å². The minimum atomic E-state index is -0.508. The third-order valence-electron chi connectivity index (χ3n) is 2.94. The first-order valence-electron chi connectivity index (χ1n) is 6.31. The van der Waals surface area contributed by atoms with Gasteiger partial charge in [0.15, 0.2) is 12.1 Å². The van der Waals surface area contributed by atoms with Crippen LogP contribution in [0.15, 0.2) is 6.20 Å². The van der Waals surface area contributed by atoms with Gasteiger partial charge in [-0.3, -0.25) is 4.79 Å². The SMILES string of the molecule is C[C@H]1CN(C(=O)OC(C)(C)C)Cc2cnc(C=O)n21. The number of nitrogens with zero attached hydrogens (tertiary/aromatic N) is 3. The summed E-state index contributed by atoms with van der Waals surface area (Å²) in [5.74, 6) is 0.409. The first-order valence-corrected chi connectivity index (χ1v) is 6.31. The summed E-state index contributed by atoms with van der Waals surface area (Å²) in [7, 11) is 0. The van der Waals surface area contributed by atoms with Crippen LogP contribution < -0.4 is 0 Å². The molecule has 1 aromatic rings. The van der Waals surface area contributed by atoms with Crippen LogP contribution in [0, 0.1) is 0 Å². The van der Waals surface area contributed by atoms with Crippen LogP contribution in [-0.4, -0.2) is 39.0 Å². The Morgan fingerprint density at radius 3 is 2.79 bits per heavy atom. The van der Waals surface area contributed by atoms with Gasteiger partial charge < -0.3 is 14.2 Å². The molecule has 0 unspecified atom stereocenters. The molecule has 0 fully saturated rings. The second kappa shape index (κ2) is 4.68. The fourth-order valence-electron chi connectivity index (χ4n) is 2.25. The molecule has 1 atom stereocenters. The van der Waals surface area contributed by atoms with Crippen LogP contribution in [0.3, 0.4) is 0 Å². The van der Waals surface area contributed by atoms with Crippen LogP contribution in [0.2, 0.25) is 0 Å². The van der Waals surface area contributed by atoms with Gasteiger partial charge in [-0.2, -0.15) is 0 Å². The van der Waals surface area contributed by atoms with Crippen molar-refractivity contribution in [3.8, 4) is 0 Å². The number of fused-ring (bicyclic) bond motifs is 1. The number of hydrogen-bond acceptors (Lipinski definition) is 4. The standard InChI is InChI=1S/C13H19N3O3/c1-9-6-15(12(18)19-13(2,3)4)7-10-5-14-11(8-17)16(9)10/h5,8-9H,6-7H2,1-4H3/t9-/m0/s1.